The molecule has 0 saturated heterocycles. The average molecular weight is 196 g/mol. The number of anilines is 1. The van der Waals surface area contributed by atoms with E-state index in [1.54, 1.807) is 4.57 Å². The van der Waals surface area contributed by atoms with E-state index in [-0.39, 0.29) is 11.7 Å². The van der Waals surface area contributed by atoms with E-state index in [0.717, 1.165) is 24.5 Å². The van der Waals surface area contributed by atoms with Gasteiger partial charge < -0.3 is 15.6 Å². The van der Waals surface area contributed by atoms with Crippen molar-refractivity contribution in [1.82, 2.24) is 9.55 Å². The molecule has 78 valence electrons. The Balaban J connectivity index is 2.44. The predicted octanol–water partition coefficient (Wildman–Crippen LogP) is -0.484. The summed E-state index contributed by atoms with van der Waals surface area (Å²) in [4.78, 5) is 16.5. The average Bonchev–Trinajstić information content (AvgIpc) is 2.56. The molecule has 0 bridgehead atoms. The number of nitrogens with two attached hydrogens (primary N) is 1. The predicted molar refractivity (Wildman–Crippen MR) is 55.7 cm³/mol. The maximum atomic E-state index is 11.6. The van der Waals surface area contributed by atoms with Gasteiger partial charge in [0.05, 0.1) is 5.69 Å². The van der Waals surface area contributed by atoms with Gasteiger partial charge in [0.1, 0.15) is 5.82 Å². The van der Waals surface area contributed by atoms with Gasteiger partial charge in [0, 0.05) is 32.6 Å². The fourth-order valence-electron chi connectivity index (χ4n) is 1.97. The summed E-state index contributed by atoms with van der Waals surface area (Å²) >= 11 is 0. The molecule has 1 atom stereocenters. The number of aromatic nitrogens is 2. The number of nitrogens with one attached hydrogen (secondary N) is 1. The van der Waals surface area contributed by atoms with E-state index in [1.165, 1.54) is 0 Å². The van der Waals surface area contributed by atoms with Crippen LogP contribution in [0, 0.1) is 0 Å². The van der Waals surface area contributed by atoms with Crippen molar-refractivity contribution in [1.29, 1.82) is 0 Å². The van der Waals surface area contributed by atoms with Crippen molar-refractivity contribution in [2.75, 3.05) is 18.5 Å². The minimum atomic E-state index is -0.0427. The minimum Gasteiger partial charge on any atom is -0.359 e. The summed E-state index contributed by atoms with van der Waals surface area (Å²) in [6.07, 6.45) is 0.924. The quantitative estimate of drug-likeness (QED) is 0.671. The second-order valence-corrected chi connectivity index (χ2v) is 3.99. The number of nitrogens with zero attached hydrogens (tertiary/aromatic N) is 2. The third kappa shape index (κ3) is 1.33. The lowest BCUT2D eigenvalue weighted by Crippen LogP contribution is -2.31. The number of aromatic amines is 1. The summed E-state index contributed by atoms with van der Waals surface area (Å²) in [6, 6.07) is 0.00148. The van der Waals surface area contributed by atoms with Crippen LogP contribution in [-0.2, 0) is 13.0 Å². The Morgan fingerprint density at radius 3 is 3.00 bits per heavy atom. The van der Waals surface area contributed by atoms with Crippen LogP contribution in [0.4, 0.5) is 5.82 Å². The molecule has 0 saturated carbocycles. The zero-order valence-electron chi connectivity index (χ0n) is 8.58. The molecule has 2 heterocycles. The maximum absolute atomic E-state index is 11.6. The zero-order valence-corrected chi connectivity index (χ0v) is 8.58. The van der Waals surface area contributed by atoms with Crippen LogP contribution in [0.2, 0.25) is 0 Å². The van der Waals surface area contributed by atoms with Gasteiger partial charge in [0.25, 0.3) is 0 Å². The van der Waals surface area contributed by atoms with Crippen LogP contribution in [0.15, 0.2) is 4.79 Å². The summed E-state index contributed by atoms with van der Waals surface area (Å²) < 4.78 is 1.73. The van der Waals surface area contributed by atoms with E-state index in [2.05, 4.69) is 9.88 Å². The molecule has 1 aromatic rings. The molecule has 2 rings (SSSR count). The molecule has 0 aromatic carbocycles. The van der Waals surface area contributed by atoms with Crippen LogP contribution in [0.1, 0.15) is 12.6 Å². The van der Waals surface area contributed by atoms with E-state index >= 15 is 0 Å². The highest BCUT2D eigenvalue weighted by atomic mass is 16.1. The van der Waals surface area contributed by atoms with Gasteiger partial charge in [0.15, 0.2) is 0 Å². The highest BCUT2D eigenvalue weighted by Crippen LogP contribution is 2.23. The molecule has 0 aliphatic carbocycles. The first-order chi connectivity index (χ1) is 6.59. The number of hydrogen-bond donors (Lipinski definition) is 2. The van der Waals surface area contributed by atoms with Crippen molar-refractivity contribution in [2.24, 2.45) is 5.73 Å². The SMILES string of the molecule is CC(N)Cn1c2c([nH]c1=O)CCN2C. The molecule has 1 aliphatic rings. The molecular weight excluding hydrogens is 180 g/mol. The topological polar surface area (TPSA) is 67.0 Å². The first-order valence-electron chi connectivity index (χ1n) is 4.88. The van der Waals surface area contributed by atoms with Gasteiger partial charge in [-0.05, 0) is 6.92 Å². The summed E-state index contributed by atoms with van der Waals surface area (Å²) in [6.45, 7) is 3.45. The van der Waals surface area contributed by atoms with E-state index in [9.17, 15) is 4.79 Å². The van der Waals surface area contributed by atoms with Crippen LogP contribution >= 0.6 is 0 Å². The van der Waals surface area contributed by atoms with Gasteiger partial charge in [0.2, 0.25) is 0 Å². The molecule has 0 amide bonds. The largest absolute Gasteiger partial charge is 0.359 e. The lowest BCUT2D eigenvalue weighted by molar-refractivity contribution is 0.573. The Morgan fingerprint density at radius 2 is 2.36 bits per heavy atom. The number of rotatable bonds is 2. The Morgan fingerprint density at radius 1 is 1.64 bits per heavy atom. The third-order valence-corrected chi connectivity index (χ3v) is 2.56. The van der Waals surface area contributed by atoms with Crippen LogP contribution in [0.3, 0.4) is 0 Å². The highest BCUT2D eigenvalue weighted by Gasteiger charge is 2.23. The first-order valence-corrected chi connectivity index (χ1v) is 4.88. The van der Waals surface area contributed by atoms with Crippen molar-refractivity contribution >= 4 is 5.82 Å². The van der Waals surface area contributed by atoms with Gasteiger partial charge in [-0.2, -0.15) is 0 Å². The second kappa shape index (κ2) is 3.16. The summed E-state index contributed by atoms with van der Waals surface area (Å²) in [5, 5.41) is 0. The van der Waals surface area contributed by atoms with Gasteiger partial charge >= 0.3 is 5.69 Å². The highest BCUT2D eigenvalue weighted by molar-refractivity contribution is 5.49. The molecule has 1 unspecified atom stereocenters. The molecule has 14 heavy (non-hydrogen) atoms. The van der Waals surface area contributed by atoms with Crippen molar-refractivity contribution in [3.8, 4) is 0 Å². The zero-order chi connectivity index (χ0) is 10.3. The second-order valence-electron chi connectivity index (χ2n) is 3.99. The van der Waals surface area contributed by atoms with Gasteiger partial charge in [-0.25, -0.2) is 4.79 Å². The minimum absolute atomic E-state index is 0.00148. The maximum Gasteiger partial charge on any atom is 0.327 e. The fourth-order valence-corrected chi connectivity index (χ4v) is 1.97. The monoisotopic (exact) mass is 196 g/mol. The first kappa shape index (κ1) is 9.33. The molecule has 5 nitrogen and oxygen atoms in total. The molecular formula is C9H16N4O. The molecule has 0 radical (unpaired) electrons. The molecule has 1 aliphatic heterocycles. The van der Waals surface area contributed by atoms with Crippen molar-refractivity contribution in [3.63, 3.8) is 0 Å². The number of imidazole rings is 1. The van der Waals surface area contributed by atoms with Crippen molar-refractivity contribution < 1.29 is 0 Å². The Labute approximate surface area is 82.5 Å². The van der Waals surface area contributed by atoms with Gasteiger partial charge in [-0.15, -0.1) is 0 Å². The van der Waals surface area contributed by atoms with E-state index in [1.807, 2.05) is 14.0 Å². The summed E-state index contributed by atoms with van der Waals surface area (Å²) in [5.41, 5.74) is 6.70. The van der Waals surface area contributed by atoms with Gasteiger partial charge in [-0.3, -0.25) is 4.57 Å². The molecule has 5 heteroatoms. The van der Waals surface area contributed by atoms with E-state index < -0.39 is 0 Å². The van der Waals surface area contributed by atoms with Crippen LogP contribution < -0.4 is 16.3 Å². The lowest BCUT2D eigenvalue weighted by atomic mass is 10.3. The Hall–Kier alpha value is -1.23. The summed E-state index contributed by atoms with van der Waals surface area (Å²) in [5.74, 6) is 1.01. The van der Waals surface area contributed by atoms with Crippen molar-refractivity contribution in [2.45, 2.75) is 25.9 Å². The summed E-state index contributed by atoms with van der Waals surface area (Å²) in [7, 11) is 2.00. The lowest BCUT2D eigenvalue weighted by Gasteiger charge is -2.15. The number of likely N-dealkylation sites (N-methyl/N-ethyl adjacent to an activating group) is 1. The molecule has 3 N–H and O–H groups in total. The standard InChI is InChI=1S/C9H16N4O/c1-6(10)5-13-8-7(11-9(13)14)3-4-12(8)2/h6H,3-5,10H2,1-2H3,(H,11,14). The van der Waals surface area contributed by atoms with Crippen molar-refractivity contribution in [3.05, 3.63) is 16.2 Å². The van der Waals surface area contributed by atoms with Gasteiger partial charge in [-0.1, -0.05) is 0 Å². The smallest absolute Gasteiger partial charge is 0.327 e. The molecule has 0 fully saturated rings. The van der Waals surface area contributed by atoms with E-state index in [0.29, 0.717) is 6.54 Å². The number of H-pyrrole nitrogens is 1. The molecule has 1 aromatic heterocycles. The third-order valence-electron chi connectivity index (χ3n) is 2.56. The fraction of sp³-hybridized carbons (Fsp3) is 0.667. The van der Waals surface area contributed by atoms with Crippen LogP contribution in [0.5, 0.6) is 0 Å². The van der Waals surface area contributed by atoms with Crippen LogP contribution in [-0.4, -0.2) is 29.2 Å². The number of fused-ring (bicyclic) bond motifs is 1. The number of hydrogen-bond acceptors (Lipinski definition) is 3. The normalized spacial score (nSPS) is 17.2. The Bertz CT molecular complexity index is 390. The Kier molecular flexibility index (Phi) is 2.11. The molecule has 0 spiro atoms. The van der Waals surface area contributed by atoms with E-state index in [4.69, 9.17) is 5.73 Å². The van der Waals surface area contributed by atoms with Crippen LogP contribution in [0.25, 0.3) is 0 Å².